The maximum absolute atomic E-state index is 12.0. The van der Waals surface area contributed by atoms with Crippen molar-refractivity contribution in [3.63, 3.8) is 0 Å². The molecule has 1 atom stereocenters. The fraction of sp³-hybridized carbons (Fsp3) is 0.333. The minimum Gasteiger partial charge on any atom is -0.480 e. The van der Waals surface area contributed by atoms with Crippen molar-refractivity contribution in [3.05, 3.63) is 34.9 Å². The molecule has 0 aliphatic heterocycles. The molecule has 0 fully saturated rings. The van der Waals surface area contributed by atoms with E-state index in [0.717, 1.165) is 15.4 Å². The van der Waals surface area contributed by atoms with Crippen LogP contribution in [0, 0.1) is 5.92 Å². The van der Waals surface area contributed by atoms with Gasteiger partial charge in [0.2, 0.25) is 5.91 Å². The molecule has 0 saturated carbocycles. The molecular formula is C15H17BrN2O3. The number of carbonyl (C=O) groups excluding carboxylic acids is 1. The lowest BCUT2D eigenvalue weighted by molar-refractivity contribution is -0.143. The summed E-state index contributed by atoms with van der Waals surface area (Å²) in [6.07, 6.45) is 1.82. The van der Waals surface area contributed by atoms with Crippen molar-refractivity contribution in [2.75, 3.05) is 0 Å². The number of carboxylic acid groups (broad SMARTS) is 1. The Labute approximate surface area is 131 Å². The van der Waals surface area contributed by atoms with Crippen LogP contribution in [0.3, 0.4) is 0 Å². The van der Waals surface area contributed by atoms with Crippen LogP contribution in [0.15, 0.2) is 34.9 Å². The van der Waals surface area contributed by atoms with Crippen LogP contribution in [-0.2, 0) is 16.1 Å². The lowest BCUT2D eigenvalue weighted by Crippen LogP contribution is -2.45. The van der Waals surface area contributed by atoms with Crippen LogP contribution in [0.25, 0.3) is 10.9 Å². The number of hydrogen-bond donors (Lipinski definition) is 2. The summed E-state index contributed by atoms with van der Waals surface area (Å²) in [7, 11) is 0. The van der Waals surface area contributed by atoms with E-state index in [2.05, 4.69) is 21.2 Å². The lowest BCUT2D eigenvalue weighted by atomic mass is 10.1. The summed E-state index contributed by atoms with van der Waals surface area (Å²) in [6.45, 7) is 3.63. The van der Waals surface area contributed by atoms with E-state index in [0.29, 0.717) is 0 Å². The van der Waals surface area contributed by atoms with Crippen molar-refractivity contribution in [2.45, 2.75) is 26.4 Å². The summed E-state index contributed by atoms with van der Waals surface area (Å²) in [4.78, 5) is 23.1. The molecule has 1 heterocycles. The maximum Gasteiger partial charge on any atom is 0.326 e. The van der Waals surface area contributed by atoms with Gasteiger partial charge in [-0.25, -0.2) is 4.79 Å². The fourth-order valence-corrected chi connectivity index (χ4v) is 2.58. The van der Waals surface area contributed by atoms with E-state index in [9.17, 15) is 9.59 Å². The largest absolute Gasteiger partial charge is 0.480 e. The second kappa shape index (κ2) is 6.30. The molecule has 1 amide bonds. The Bertz CT molecular complexity index is 679. The third kappa shape index (κ3) is 3.64. The van der Waals surface area contributed by atoms with Crippen LogP contribution in [-0.4, -0.2) is 27.6 Å². The Morgan fingerprint density at radius 1 is 1.33 bits per heavy atom. The van der Waals surface area contributed by atoms with Crippen molar-refractivity contribution in [2.24, 2.45) is 5.92 Å². The highest BCUT2D eigenvalue weighted by Crippen LogP contribution is 2.20. The predicted octanol–water partition coefficient (Wildman–Crippen LogP) is 2.63. The molecule has 0 saturated heterocycles. The molecule has 2 aromatic rings. The van der Waals surface area contributed by atoms with Gasteiger partial charge in [0.15, 0.2) is 0 Å². The van der Waals surface area contributed by atoms with Gasteiger partial charge in [-0.3, -0.25) is 4.79 Å². The van der Waals surface area contributed by atoms with Gasteiger partial charge in [0, 0.05) is 21.6 Å². The van der Waals surface area contributed by atoms with E-state index in [1.165, 1.54) is 0 Å². The number of aromatic nitrogens is 1. The minimum absolute atomic E-state index is 0.0988. The summed E-state index contributed by atoms with van der Waals surface area (Å²) >= 11 is 3.40. The first kappa shape index (κ1) is 15.6. The van der Waals surface area contributed by atoms with E-state index in [4.69, 9.17) is 5.11 Å². The zero-order valence-electron chi connectivity index (χ0n) is 11.8. The fourth-order valence-electron chi connectivity index (χ4n) is 2.20. The molecule has 2 rings (SSSR count). The summed E-state index contributed by atoms with van der Waals surface area (Å²) in [5, 5.41) is 12.7. The average molecular weight is 353 g/mol. The summed E-state index contributed by atoms with van der Waals surface area (Å²) in [5.41, 5.74) is 0.935. The molecule has 2 N–H and O–H groups in total. The number of aliphatic carboxylic acids is 1. The molecule has 0 aliphatic carbocycles. The Morgan fingerprint density at radius 2 is 2.05 bits per heavy atom. The van der Waals surface area contributed by atoms with Gasteiger partial charge in [-0.1, -0.05) is 29.8 Å². The van der Waals surface area contributed by atoms with Crippen LogP contribution in [0.5, 0.6) is 0 Å². The average Bonchev–Trinajstić information content (AvgIpc) is 2.77. The van der Waals surface area contributed by atoms with Crippen molar-refractivity contribution >= 4 is 38.7 Å². The second-order valence-corrected chi connectivity index (χ2v) is 6.19. The van der Waals surface area contributed by atoms with Crippen LogP contribution >= 0.6 is 15.9 Å². The topological polar surface area (TPSA) is 71.3 Å². The number of nitrogens with zero attached hydrogens (tertiary/aromatic N) is 1. The van der Waals surface area contributed by atoms with E-state index in [-0.39, 0.29) is 18.4 Å². The molecule has 6 heteroatoms. The van der Waals surface area contributed by atoms with Gasteiger partial charge in [-0.05, 0) is 30.2 Å². The maximum atomic E-state index is 12.0. The molecule has 112 valence electrons. The Morgan fingerprint density at radius 3 is 2.67 bits per heavy atom. The highest BCUT2D eigenvalue weighted by Gasteiger charge is 2.23. The molecule has 0 spiro atoms. The molecule has 21 heavy (non-hydrogen) atoms. The van der Waals surface area contributed by atoms with Crippen LogP contribution < -0.4 is 5.32 Å². The third-order valence-corrected chi connectivity index (χ3v) is 3.79. The van der Waals surface area contributed by atoms with Gasteiger partial charge in [-0.15, -0.1) is 0 Å². The van der Waals surface area contributed by atoms with Gasteiger partial charge < -0.3 is 15.0 Å². The van der Waals surface area contributed by atoms with Gasteiger partial charge in [0.05, 0.1) is 0 Å². The number of fused-ring (bicyclic) bond motifs is 1. The number of carbonyl (C=O) groups is 2. The Balaban J connectivity index is 2.13. The zero-order chi connectivity index (χ0) is 15.6. The SMILES string of the molecule is CC(C)[C@@H](NC(=O)Cn1ccc2cc(Br)ccc21)C(=O)O. The highest BCUT2D eigenvalue weighted by atomic mass is 79.9. The van der Waals surface area contributed by atoms with E-state index in [1.807, 2.05) is 30.5 Å². The van der Waals surface area contributed by atoms with Crippen molar-refractivity contribution in [3.8, 4) is 0 Å². The molecule has 1 aromatic carbocycles. The number of nitrogens with one attached hydrogen (secondary N) is 1. The van der Waals surface area contributed by atoms with Crippen LogP contribution in [0.1, 0.15) is 13.8 Å². The first-order chi connectivity index (χ1) is 9.88. The Kier molecular flexibility index (Phi) is 4.67. The van der Waals surface area contributed by atoms with Crippen molar-refractivity contribution in [1.82, 2.24) is 9.88 Å². The molecule has 0 aliphatic rings. The van der Waals surface area contributed by atoms with Crippen molar-refractivity contribution < 1.29 is 14.7 Å². The standard InChI is InChI=1S/C15H17BrN2O3/c1-9(2)14(15(20)21)17-13(19)8-18-6-5-10-7-11(16)3-4-12(10)18/h3-7,9,14H,8H2,1-2H3,(H,17,19)(H,20,21)/t14-/m1/s1. The zero-order valence-corrected chi connectivity index (χ0v) is 13.4. The Hall–Kier alpha value is -1.82. The minimum atomic E-state index is -1.01. The first-order valence-electron chi connectivity index (χ1n) is 6.65. The summed E-state index contributed by atoms with van der Waals surface area (Å²) < 4.78 is 2.78. The van der Waals surface area contributed by atoms with Gasteiger partial charge in [0.25, 0.3) is 0 Å². The normalized spacial score (nSPS) is 12.6. The molecule has 0 bridgehead atoms. The number of halogens is 1. The predicted molar refractivity (Wildman–Crippen MR) is 84.0 cm³/mol. The van der Waals surface area contributed by atoms with E-state index in [1.54, 1.807) is 18.4 Å². The summed E-state index contributed by atoms with van der Waals surface area (Å²) in [6, 6.07) is 6.85. The molecule has 0 radical (unpaired) electrons. The molecule has 5 nitrogen and oxygen atoms in total. The molecular weight excluding hydrogens is 336 g/mol. The number of amides is 1. The molecule has 1 aromatic heterocycles. The van der Waals surface area contributed by atoms with E-state index >= 15 is 0 Å². The number of carboxylic acids is 1. The van der Waals surface area contributed by atoms with Crippen molar-refractivity contribution in [1.29, 1.82) is 0 Å². The van der Waals surface area contributed by atoms with Gasteiger partial charge >= 0.3 is 5.97 Å². The monoisotopic (exact) mass is 352 g/mol. The second-order valence-electron chi connectivity index (χ2n) is 5.27. The number of rotatable bonds is 5. The van der Waals surface area contributed by atoms with E-state index < -0.39 is 12.0 Å². The van der Waals surface area contributed by atoms with Gasteiger partial charge in [0.1, 0.15) is 12.6 Å². The lowest BCUT2D eigenvalue weighted by Gasteiger charge is -2.18. The van der Waals surface area contributed by atoms with Crippen LogP contribution in [0.4, 0.5) is 0 Å². The van der Waals surface area contributed by atoms with Crippen LogP contribution in [0.2, 0.25) is 0 Å². The third-order valence-electron chi connectivity index (χ3n) is 3.30. The van der Waals surface area contributed by atoms with Gasteiger partial charge in [-0.2, -0.15) is 0 Å². The first-order valence-corrected chi connectivity index (χ1v) is 7.44. The number of benzene rings is 1. The molecule has 0 unspecified atom stereocenters. The number of hydrogen-bond acceptors (Lipinski definition) is 2. The summed E-state index contributed by atoms with van der Waals surface area (Å²) in [5.74, 6) is -1.49. The smallest absolute Gasteiger partial charge is 0.326 e. The quantitative estimate of drug-likeness (QED) is 0.868. The highest BCUT2D eigenvalue weighted by molar-refractivity contribution is 9.10.